The SMILES string of the molecule is C[Si](C)(C)C#Cc1ccc2nccc(=O)n2c1. The summed E-state index contributed by atoms with van der Waals surface area (Å²) in [5, 5.41) is 0. The van der Waals surface area contributed by atoms with E-state index in [1.54, 1.807) is 6.20 Å². The fourth-order valence-electron chi connectivity index (χ4n) is 1.37. The average Bonchev–Trinajstić information content (AvgIpc) is 2.26. The summed E-state index contributed by atoms with van der Waals surface area (Å²) < 4.78 is 1.52. The molecule has 2 aromatic heterocycles. The largest absolute Gasteiger partial charge is 0.269 e. The van der Waals surface area contributed by atoms with E-state index in [0.717, 1.165) is 5.56 Å². The smallest absolute Gasteiger partial charge is 0.257 e. The molecule has 17 heavy (non-hydrogen) atoms. The Morgan fingerprint density at radius 1 is 1.24 bits per heavy atom. The highest BCUT2D eigenvalue weighted by Gasteiger charge is 2.07. The van der Waals surface area contributed by atoms with Crippen LogP contribution in [0.3, 0.4) is 0 Å². The third kappa shape index (κ3) is 2.83. The molecule has 0 atom stereocenters. The number of nitrogens with zero attached hydrogens (tertiary/aromatic N) is 2. The van der Waals surface area contributed by atoms with Crippen molar-refractivity contribution in [2.24, 2.45) is 0 Å². The van der Waals surface area contributed by atoms with Crippen LogP contribution in [0.1, 0.15) is 5.56 Å². The van der Waals surface area contributed by atoms with E-state index >= 15 is 0 Å². The maximum Gasteiger partial charge on any atom is 0.257 e. The van der Waals surface area contributed by atoms with E-state index in [1.165, 1.54) is 16.7 Å². The highest BCUT2D eigenvalue weighted by Crippen LogP contribution is 2.02. The molecule has 0 aliphatic carbocycles. The fraction of sp³-hybridized carbons (Fsp3) is 0.231. The number of fused-ring (bicyclic) bond motifs is 1. The zero-order valence-electron chi connectivity index (χ0n) is 10.2. The molecule has 0 unspecified atom stereocenters. The first-order valence-electron chi connectivity index (χ1n) is 5.46. The van der Waals surface area contributed by atoms with E-state index in [-0.39, 0.29) is 5.56 Å². The summed E-state index contributed by atoms with van der Waals surface area (Å²) in [6.45, 7) is 6.57. The lowest BCUT2D eigenvalue weighted by molar-refractivity contribution is 1.04. The van der Waals surface area contributed by atoms with Crippen molar-refractivity contribution >= 4 is 13.7 Å². The van der Waals surface area contributed by atoms with Crippen molar-refractivity contribution in [1.29, 1.82) is 0 Å². The van der Waals surface area contributed by atoms with Crippen LogP contribution in [0.2, 0.25) is 19.6 Å². The van der Waals surface area contributed by atoms with Crippen molar-refractivity contribution in [3.8, 4) is 11.5 Å². The molecule has 4 heteroatoms. The second-order valence-electron chi connectivity index (χ2n) is 4.93. The van der Waals surface area contributed by atoms with Gasteiger partial charge in [0.2, 0.25) is 0 Å². The summed E-state index contributed by atoms with van der Waals surface area (Å²) in [7, 11) is -1.39. The van der Waals surface area contributed by atoms with Crippen LogP contribution < -0.4 is 5.56 Å². The van der Waals surface area contributed by atoms with Gasteiger partial charge in [0, 0.05) is 24.0 Å². The second-order valence-corrected chi connectivity index (χ2v) is 9.68. The lowest BCUT2D eigenvalue weighted by atomic mass is 10.3. The van der Waals surface area contributed by atoms with Crippen molar-refractivity contribution in [2.45, 2.75) is 19.6 Å². The fourth-order valence-corrected chi connectivity index (χ4v) is 1.89. The van der Waals surface area contributed by atoms with Gasteiger partial charge in [0.15, 0.2) is 0 Å². The summed E-state index contributed by atoms with van der Waals surface area (Å²) in [6, 6.07) is 5.16. The first kappa shape index (κ1) is 11.6. The van der Waals surface area contributed by atoms with Gasteiger partial charge in [-0.3, -0.25) is 9.20 Å². The van der Waals surface area contributed by atoms with Crippen molar-refractivity contribution in [3.05, 3.63) is 46.5 Å². The molecule has 0 aliphatic heterocycles. The molecule has 0 fully saturated rings. The van der Waals surface area contributed by atoms with Gasteiger partial charge < -0.3 is 0 Å². The lowest BCUT2D eigenvalue weighted by Gasteiger charge is -2.04. The summed E-state index contributed by atoms with van der Waals surface area (Å²) in [4.78, 5) is 15.7. The minimum atomic E-state index is -1.39. The van der Waals surface area contributed by atoms with Crippen LogP contribution >= 0.6 is 0 Å². The molecule has 0 aromatic carbocycles. The Labute approximate surface area is 101 Å². The Morgan fingerprint density at radius 2 is 2.00 bits per heavy atom. The molecule has 2 heterocycles. The number of rotatable bonds is 0. The van der Waals surface area contributed by atoms with E-state index in [9.17, 15) is 4.79 Å². The van der Waals surface area contributed by atoms with E-state index in [4.69, 9.17) is 0 Å². The van der Waals surface area contributed by atoms with E-state index in [1.807, 2.05) is 12.1 Å². The highest BCUT2D eigenvalue weighted by molar-refractivity contribution is 6.83. The van der Waals surface area contributed by atoms with Crippen LogP contribution in [0.4, 0.5) is 0 Å². The molecule has 0 bridgehead atoms. The predicted molar refractivity (Wildman–Crippen MR) is 71.7 cm³/mol. The molecular weight excluding hydrogens is 228 g/mol. The van der Waals surface area contributed by atoms with Crippen molar-refractivity contribution in [1.82, 2.24) is 9.38 Å². The van der Waals surface area contributed by atoms with Gasteiger partial charge >= 0.3 is 0 Å². The molecule has 0 saturated carbocycles. The second kappa shape index (κ2) is 4.19. The van der Waals surface area contributed by atoms with Gasteiger partial charge in [0.25, 0.3) is 5.56 Å². The van der Waals surface area contributed by atoms with Gasteiger partial charge in [0.05, 0.1) is 0 Å². The van der Waals surface area contributed by atoms with Crippen LogP contribution in [0.5, 0.6) is 0 Å². The first-order valence-corrected chi connectivity index (χ1v) is 8.96. The van der Waals surface area contributed by atoms with Gasteiger partial charge in [-0.15, -0.1) is 5.54 Å². The van der Waals surface area contributed by atoms with Gasteiger partial charge in [0.1, 0.15) is 13.7 Å². The van der Waals surface area contributed by atoms with Crippen molar-refractivity contribution in [2.75, 3.05) is 0 Å². The monoisotopic (exact) mass is 242 g/mol. The maximum absolute atomic E-state index is 11.6. The van der Waals surface area contributed by atoms with E-state index < -0.39 is 8.07 Å². The minimum Gasteiger partial charge on any atom is -0.269 e. The highest BCUT2D eigenvalue weighted by atomic mass is 28.3. The Bertz CT molecular complexity index is 671. The number of aromatic nitrogens is 2. The Kier molecular flexibility index (Phi) is 2.86. The molecule has 3 nitrogen and oxygen atoms in total. The number of pyridine rings is 1. The summed E-state index contributed by atoms with van der Waals surface area (Å²) >= 11 is 0. The third-order valence-corrected chi connectivity index (χ3v) is 3.05. The van der Waals surface area contributed by atoms with Gasteiger partial charge in [-0.2, -0.15) is 0 Å². The maximum atomic E-state index is 11.6. The summed E-state index contributed by atoms with van der Waals surface area (Å²) in [5.74, 6) is 3.13. The van der Waals surface area contributed by atoms with Gasteiger partial charge in [-0.05, 0) is 12.1 Å². The Balaban J connectivity index is 2.55. The first-order chi connectivity index (χ1) is 7.96. The minimum absolute atomic E-state index is 0.0772. The molecule has 0 spiro atoms. The summed E-state index contributed by atoms with van der Waals surface area (Å²) in [6.07, 6.45) is 3.27. The Morgan fingerprint density at radius 3 is 2.71 bits per heavy atom. The number of hydrogen-bond donors (Lipinski definition) is 0. The molecule has 0 amide bonds. The van der Waals surface area contributed by atoms with Crippen LogP contribution in [0.15, 0.2) is 35.4 Å². The normalized spacial score (nSPS) is 11.0. The molecular formula is C13H14N2OSi. The molecule has 0 N–H and O–H groups in total. The van der Waals surface area contributed by atoms with Crippen LogP contribution in [-0.4, -0.2) is 17.5 Å². The molecule has 0 radical (unpaired) electrons. The van der Waals surface area contributed by atoms with Crippen LogP contribution in [-0.2, 0) is 0 Å². The van der Waals surface area contributed by atoms with Gasteiger partial charge in [-0.1, -0.05) is 25.6 Å². The zero-order chi connectivity index (χ0) is 12.5. The molecule has 2 rings (SSSR count). The standard InChI is InChI=1S/C13H14N2OSi/c1-17(2,3)9-7-11-4-5-12-14-8-6-13(16)15(12)10-11/h4-6,8,10H,1-3H3. The average molecular weight is 242 g/mol. The van der Waals surface area contributed by atoms with Crippen molar-refractivity contribution in [3.63, 3.8) is 0 Å². The molecule has 86 valence electrons. The van der Waals surface area contributed by atoms with Crippen LogP contribution in [0, 0.1) is 11.5 Å². The topological polar surface area (TPSA) is 34.4 Å². The quantitative estimate of drug-likeness (QED) is 0.522. The third-order valence-electron chi connectivity index (χ3n) is 2.17. The van der Waals surface area contributed by atoms with E-state index in [0.29, 0.717) is 5.65 Å². The summed E-state index contributed by atoms with van der Waals surface area (Å²) in [5.41, 5.74) is 4.70. The molecule has 2 aromatic rings. The molecule has 0 aliphatic rings. The zero-order valence-corrected chi connectivity index (χ0v) is 11.2. The van der Waals surface area contributed by atoms with Gasteiger partial charge in [-0.25, -0.2) is 4.98 Å². The molecule has 0 saturated heterocycles. The van der Waals surface area contributed by atoms with E-state index in [2.05, 4.69) is 36.1 Å². The van der Waals surface area contributed by atoms with Crippen LogP contribution in [0.25, 0.3) is 5.65 Å². The van der Waals surface area contributed by atoms with Crippen molar-refractivity contribution < 1.29 is 0 Å². The number of hydrogen-bond acceptors (Lipinski definition) is 2. The lowest BCUT2D eigenvalue weighted by Crippen LogP contribution is -2.16. The Hall–Kier alpha value is -1.86. The predicted octanol–water partition coefficient (Wildman–Crippen LogP) is 1.92.